The minimum Gasteiger partial charge on any atom is -0.337 e. The van der Waals surface area contributed by atoms with Gasteiger partial charge in [-0.1, -0.05) is 11.6 Å². The van der Waals surface area contributed by atoms with Gasteiger partial charge in [0.05, 0.1) is 11.6 Å². The van der Waals surface area contributed by atoms with Crippen LogP contribution in [0.2, 0.25) is 5.02 Å². The highest BCUT2D eigenvalue weighted by atomic mass is 79.9. The summed E-state index contributed by atoms with van der Waals surface area (Å²) in [5.74, 6) is -2.79. The number of aromatic nitrogens is 3. The molecule has 0 aromatic carbocycles. The number of pyridine rings is 1. The Morgan fingerprint density at radius 2 is 2.07 bits per heavy atom. The summed E-state index contributed by atoms with van der Waals surface area (Å²) in [5, 5.41) is 7.00. The molecule has 0 aliphatic heterocycles. The van der Waals surface area contributed by atoms with E-state index in [9.17, 15) is 22.8 Å². The average molecular weight is 493 g/mol. The molecule has 1 fully saturated rings. The van der Waals surface area contributed by atoms with Gasteiger partial charge in [0.1, 0.15) is 15.8 Å². The summed E-state index contributed by atoms with van der Waals surface area (Å²) in [4.78, 5) is 30.3. The highest BCUT2D eigenvalue weighted by Gasteiger charge is 2.53. The SMILES string of the molecule is CN(CC(F)=C(F)F)C(=O)C1(NC(=O)c2cc(Br)nn2-c2ncccc2Cl)CC1. The van der Waals surface area contributed by atoms with Crippen molar-refractivity contribution in [3.63, 3.8) is 0 Å². The standard InChI is InChI=1S/C17H14BrClF3N5O2/c1-26(8-10(20)13(21)22)16(29)17(4-5-17)24-15(28)11-7-12(18)25-27(11)14-9(19)3-2-6-23-14/h2-3,6-7H,4-5,8H2,1H3,(H,24,28). The van der Waals surface area contributed by atoms with E-state index in [4.69, 9.17) is 11.6 Å². The molecule has 0 spiro atoms. The number of nitrogens with one attached hydrogen (secondary N) is 1. The Hall–Kier alpha value is -2.40. The maximum Gasteiger partial charge on any atom is 0.303 e. The van der Waals surface area contributed by atoms with Crippen LogP contribution >= 0.6 is 27.5 Å². The van der Waals surface area contributed by atoms with Gasteiger partial charge in [0.25, 0.3) is 5.91 Å². The highest BCUT2D eigenvalue weighted by Crippen LogP contribution is 2.38. The summed E-state index contributed by atoms with van der Waals surface area (Å²) >= 11 is 9.31. The molecule has 7 nitrogen and oxygen atoms in total. The third kappa shape index (κ3) is 4.45. The molecule has 2 heterocycles. The Balaban J connectivity index is 1.82. The van der Waals surface area contributed by atoms with E-state index < -0.39 is 35.8 Å². The van der Waals surface area contributed by atoms with Crippen LogP contribution in [0.1, 0.15) is 23.3 Å². The molecule has 1 aliphatic carbocycles. The number of amides is 2. The topological polar surface area (TPSA) is 80.1 Å². The molecule has 12 heteroatoms. The molecule has 2 amide bonds. The van der Waals surface area contributed by atoms with Gasteiger partial charge in [0.2, 0.25) is 5.91 Å². The van der Waals surface area contributed by atoms with Gasteiger partial charge in [-0.15, -0.1) is 0 Å². The second kappa shape index (κ2) is 8.15. The molecule has 1 N–H and O–H groups in total. The van der Waals surface area contributed by atoms with E-state index in [0.717, 1.165) is 4.90 Å². The van der Waals surface area contributed by atoms with Gasteiger partial charge in [0, 0.05) is 19.3 Å². The summed E-state index contributed by atoms with van der Waals surface area (Å²) < 4.78 is 39.3. The van der Waals surface area contributed by atoms with Gasteiger partial charge in [-0.3, -0.25) is 9.59 Å². The Morgan fingerprint density at radius 1 is 1.38 bits per heavy atom. The second-order valence-corrected chi connectivity index (χ2v) is 7.66. The number of carbonyl (C=O) groups excluding carboxylic acids is 2. The summed E-state index contributed by atoms with van der Waals surface area (Å²) in [5.41, 5.74) is -1.23. The van der Waals surface area contributed by atoms with Crippen molar-refractivity contribution in [3.8, 4) is 5.82 Å². The monoisotopic (exact) mass is 491 g/mol. The maximum atomic E-state index is 13.2. The Bertz CT molecular complexity index is 1000. The van der Waals surface area contributed by atoms with Gasteiger partial charge < -0.3 is 10.2 Å². The molecule has 0 bridgehead atoms. The number of hydrogen-bond donors (Lipinski definition) is 1. The van der Waals surface area contributed by atoms with Crippen molar-refractivity contribution in [2.75, 3.05) is 13.6 Å². The van der Waals surface area contributed by atoms with Gasteiger partial charge in [-0.05, 0) is 40.9 Å². The third-order valence-corrected chi connectivity index (χ3v) is 4.97. The smallest absolute Gasteiger partial charge is 0.303 e. The maximum absolute atomic E-state index is 13.2. The lowest BCUT2D eigenvalue weighted by molar-refractivity contribution is -0.132. The van der Waals surface area contributed by atoms with Gasteiger partial charge in [-0.2, -0.15) is 13.9 Å². The number of hydrogen-bond acceptors (Lipinski definition) is 4. The lowest BCUT2D eigenvalue weighted by Crippen LogP contribution is -2.50. The van der Waals surface area contributed by atoms with E-state index in [1.54, 1.807) is 12.1 Å². The van der Waals surface area contributed by atoms with Crippen LogP contribution in [0.5, 0.6) is 0 Å². The molecule has 0 saturated heterocycles. The van der Waals surface area contributed by atoms with Crippen LogP contribution in [0, 0.1) is 0 Å². The summed E-state index contributed by atoms with van der Waals surface area (Å²) in [7, 11) is 1.19. The summed E-state index contributed by atoms with van der Waals surface area (Å²) in [6, 6.07) is 4.62. The van der Waals surface area contributed by atoms with E-state index >= 15 is 0 Å². The van der Waals surface area contributed by atoms with Crippen molar-refractivity contribution in [2.45, 2.75) is 18.4 Å². The lowest BCUT2D eigenvalue weighted by atomic mass is 10.2. The largest absolute Gasteiger partial charge is 0.337 e. The molecule has 154 valence electrons. The molecule has 0 atom stereocenters. The van der Waals surface area contributed by atoms with Crippen LogP contribution < -0.4 is 5.32 Å². The normalized spacial score (nSPS) is 14.3. The Labute approximate surface area is 176 Å². The molecule has 2 aromatic heterocycles. The molecular weight excluding hydrogens is 479 g/mol. The number of nitrogens with zero attached hydrogens (tertiary/aromatic N) is 4. The summed E-state index contributed by atoms with van der Waals surface area (Å²) in [6.45, 7) is -0.883. The fourth-order valence-electron chi connectivity index (χ4n) is 2.71. The first kappa shape index (κ1) is 21.3. The number of carbonyl (C=O) groups is 2. The van der Waals surface area contributed by atoms with E-state index in [-0.39, 0.29) is 16.5 Å². The lowest BCUT2D eigenvalue weighted by Gasteiger charge is -2.23. The highest BCUT2D eigenvalue weighted by molar-refractivity contribution is 9.10. The van der Waals surface area contributed by atoms with Crippen molar-refractivity contribution in [1.82, 2.24) is 25.0 Å². The first-order valence-electron chi connectivity index (χ1n) is 8.29. The molecule has 1 aliphatic rings. The summed E-state index contributed by atoms with van der Waals surface area (Å²) in [6.07, 6.45) is -0.416. The molecule has 3 rings (SSSR count). The van der Waals surface area contributed by atoms with Crippen LogP contribution in [0.4, 0.5) is 13.2 Å². The van der Waals surface area contributed by atoms with Gasteiger partial charge in [-0.25, -0.2) is 14.1 Å². The van der Waals surface area contributed by atoms with Crippen molar-refractivity contribution < 1.29 is 22.8 Å². The Morgan fingerprint density at radius 3 is 2.66 bits per heavy atom. The minimum atomic E-state index is -2.49. The molecule has 29 heavy (non-hydrogen) atoms. The molecule has 1 saturated carbocycles. The zero-order valence-electron chi connectivity index (χ0n) is 14.9. The van der Waals surface area contributed by atoms with Crippen molar-refractivity contribution in [3.05, 3.63) is 51.6 Å². The van der Waals surface area contributed by atoms with Crippen LogP contribution in [-0.4, -0.2) is 50.6 Å². The zero-order chi connectivity index (χ0) is 21.3. The fraction of sp³-hybridized carbons (Fsp3) is 0.294. The van der Waals surface area contributed by atoms with E-state index in [2.05, 4.69) is 31.3 Å². The Kier molecular flexibility index (Phi) is 5.99. The number of likely N-dealkylation sites (N-methyl/N-ethyl adjacent to an activating group) is 1. The first-order valence-corrected chi connectivity index (χ1v) is 9.46. The average Bonchev–Trinajstić information content (AvgIpc) is 3.34. The van der Waals surface area contributed by atoms with Gasteiger partial charge in [0.15, 0.2) is 11.6 Å². The van der Waals surface area contributed by atoms with Crippen LogP contribution in [0.25, 0.3) is 5.82 Å². The molecular formula is C17H14BrClF3N5O2. The van der Waals surface area contributed by atoms with Crippen LogP contribution in [-0.2, 0) is 4.79 Å². The third-order valence-electron chi connectivity index (χ3n) is 4.29. The van der Waals surface area contributed by atoms with Crippen molar-refractivity contribution in [1.29, 1.82) is 0 Å². The number of rotatable bonds is 6. The van der Waals surface area contributed by atoms with Crippen molar-refractivity contribution >= 4 is 39.3 Å². The van der Waals surface area contributed by atoms with Crippen LogP contribution in [0.3, 0.4) is 0 Å². The molecule has 0 unspecified atom stereocenters. The minimum absolute atomic E-state index is 0.0556. The van der Waals surface area contributed by atoms with E-state index in [1.165, 1.54) is 24.0 Å². The number of halogens is 5. The van der Waals surface area contributed by atoms with E-state index in [1.807, 2.05) is 0 Å². The zero-order valence-corrected chi connectivity index (χ0v) is 17.3. The predicted molar refractivity (Wildman–Crippen MR) is 101 cm³/mol. The van der Waals surface area contributed by atoms with Crippen LogP contribution in [0.15, 0.2) is 40.9 Å². The van der Waals surface area contributed by atoms with E-state index in [0.29, 0.717) is 17.4 Å². The van der Waals surface area contributed by atoms with Gasteiger partial charge >= 0.3 is 6.08 Å². The fourth-order valence-corrected chi connectivity index (χ4v) is 3.29. The van der Waals surface area contributed by atoms with Crippen molar-refractivity contribution in [2.24, 2.45) is 0 Å². The second-order valence-electron chi connectivity index (χ2n) is 6.44. The predicted octanol–water partition coefficient (Wildman–Crippen LogP) is 3.48. The quantitative estimate of drug-likeness (QED) is 0.670. The molecule has 0 radical (unpaired) electrons. The first-order chi connectivity index (χ1) is 13.6. The molecule has 2 aromatic rings.